The summed E-state index contributed by atoms with van der Waals surface area (Å²) in [6.45, 7) is 0. The normalized spacial score (nSPS) is 9.93. The zero-order valence-electron chi connectivity index (χ0n) is 15.9. The maximum atomic E-state index is 11.1. The molecule has 0 aliphatic heterocycles. The van der Waals surface area contributed by atoms with Crippen LogP contribution in [0.1, 0.15) is 11.1 Å². The second-order valence-electron chi connectivity index (χ2n) is 5.89. The SMILES string of the molecule is N#CNC(=O)/C=C\c1ccc2ccccc2c1.N#CNC(=O)/C=C\c1ccccc1. The number of benzene rings is 3. The first kappa shape index (κ1) is 21.6. The van der Waals surface area contributed by atoms with Crippen molar-refractivity contribution in [2.75, 3.05) is 0 Å². The molecule has 6 heteroatoms. The third-order valence-corrected chi connectivity index (χ3v) is 3.79. The predicted molar refractivity (Wildman–Crippen MR) is 116 cm³/mol. The Hall–Kier alpha value is -4.68. The predicted octanol–water partition coefficient (Wildman–Crippen LogP) is 3.75. The van der Waals surface area contributed by atoms with Crippen LogP contribution in [0.4, 0.5) is 0 Å². The second kappa shape index (κ2) is 11.9. The summed E-state index contributed by atoms with van der Waals surface area (Å²) in [6, 6.07) is 23.3. The van der Waals surface area contributed by atoms with Gasteiger partial charge in [0.25, 0.3) is 11.8 Å². The van der Waals surface area contributed by atoms with Crippen molar-refractivity contribution in [1.82, 2.24) is 10.6 Å². The van der Waals surface area contributed by atoms with E-state index in [1.807, 2.05) is 83.4 Å². The maximum absolute atomic E-state index is 11.1. The summed E-state index contributed by atoms with van der Waals surface area (Å²) >= 11 is 0. The van der Waals surface area contributed by atoms with E-state index in [-0.39, 0.29) is 0 Å². The largest absolute Gasteiger partial charge is 0.269 e. The molecule has 0 aliphatic rings. The molecule has 0 saturated carbocycles. The zero-order valence-corrected chi connectivity index (χ0v) is 15.9. The number of carbonyl (C=O) groups excluding carboxylic acids is 2. The molecule has 3 aromatic carbocycles. The average molecular weight is 394 g/mol. The Kier molecular flexibility index (Phi) is 8.58. The van der Waals surface area contributed by atoms with Crippen LogP contribution in [0.25, 0.3) is 22.9 Å². The molecule has 0 bridgehead atoms. The summed E-state index contributed by atoms with van der Waals surface area (Å²) in [6.07, 6.45) is 9.12. The maximum Gasteiger partial charge on any atom is 0.256 e. The first-order valence-corrected chi connectivity index (χ1v) is 8.90. The average Bonchev–Trinajstić information content (AvgIpc) is 2.78. The summed E-state index contributed by atoms with van der Waals surface area (Å²) in [7, 11) is 0. The van der Waals surface area contributed by atoms with E-state index in [4.69, 9.17) is 10.5 Å². The van der Waals surface area contributed by atoms with Gasteiger partial charge in [-0.05, 0) is 40.1 Å². The van der Waals surface area contributed by atoms with E-state index < -0.39 is 11.8 Å². The summed E-state index contributed by atoms with van der Waals surface area (Å²) in [5.41, 5.74) is 1.85. The molecule has 0 radical (unpaired) electrons. The number of nitrogens with zero attached hydrogens (tertiary/aromatic N) is 2. The Labute approximate surface area is 174 Å². The first-order valence-electron chi connectivity index (χ1n) is 8.90. The highest BCUT2D eigenvalue weighted by atomic mass is 16.2. The number of amides is 2. The Balaban J connectivity index is 0.000000222. The molecule has 0 saturated heterocycles. The van der Waals surface area contributed by atoms with Gasteiger partial charge in [0.2, 0.25) is 0 Å². The standard InChI is InChI=1S/C14H10N2O.C10H8N2O/c15-10-16-14(17)8-6-11-5-7-12-3-1-2-4-13(12)9-11;11-8-12-10(13)7-6-9-4-2-1-3-5-9/h1-9H,(H,16,17);1-7H,(H,12,13)/b8-6-;7-6-. The van der Waals surface area contributed by atoms with Crippen LogP contribution in [0.5, 0.6) is 0 Å². The van der Waals surface area contributed by atoms with Crippen LogP contribution in [0, 0.1) is 22.9 Å². The summed E-state index contributed by atoms with van der Waals surface area (Å²) < 4.78 is 0. The van der Waals surface area contributed by atoms with Crippen molar-refractivity contribution in [3.05, 3.63) is 96.1 Å². The lowest BCUT2D eigenvalue weighted by atomic mass is 10.1. The minimum atomic E-state index is -0.416. The fourth-order valence-electron chi connectivity index (χ4n) is 2.41. The van der Waals surface area contributed by atoms with Gasteiger partial charge in [0.05, 0.1) is 0 Å². The van der Waals surface area contributed by atoms with Gasteiger partial charge in [-0.3, -0.25) is 20.2 Å². The molecule has 0 heterocycles. The smallest absolute Gasteiger partial charge is 0.256 e. The fraction of sp³-hybridized carbons (Fsp3) is 0. The minimum absolute atomic E-state index is 0.411. The molecule has 3 aromatic rings. The zero-order chi connectivity index (χ0) is 21.6. The van der Waals surface area contributed by atoms with Gasteiger partial charge in [-0.15, -0.1) is 0 Å². The molecule has 6 nitrogen and oxygen atoms in total. The Bertz CT molecular complexity index is 1150. The molecule has 0 unspecified atom stereocenters. The summed E-state index contributed by atoms with van der Waals surface area (Å²) in [5, 5.41) is 22.7. The first-order chi connectivity index (χ1) is 14.6. The van der Waals surface area contributed by atoms with Crippen LogP contribution in [-0.4, -0.2) is 11.8 Å². The third-order valence-electron chi connectivity index (χ3n) is 3.79. The van der Waals surface area contributed by atoms with Gasteiger partial charge < -0.3 is 0 Å². The van der Waals surface area contributed by atoms with Crippen molar-refractivity contribution < 1.29 is 9.59 Å². The van der Waals surface area contributed by atoms with E-state index in [0.717, 1.165) is 21.9 Å². The van der Waals surface area contributed by atoms with Crippen LogP contribution in [0.2, 0.25) is 0 Å². The monoisotopic (exact) mass is 394 g/mol. The number of rotatable bonds is 4. The van der Waals surface area contributed by atoms with Crippen molar-refractivity contribution in [3.63, 3.8) is 0 Å². The lowest BCUT2D eigenvalue weighted by Gasteiger charge is -1.98. The Morgan fingerprint density at radius 1 is 0.667 bits per heavy atom. The van der Waals surface area contributed by atoms with Gasteiger partial charge >= 0.3 is 0 Å². The molecule has 2 N–H and O–H groups in total. The highest BCUT2D eigenvalue weighted by Crippen LogP contribution is 2.16. The van der Waals surface area contributed by atoms with Crippen LogP contribution < -0.4 is 10.6 Å². The van der Waals surface area contributed by atoms with E-state index in [0.29, 0.717) is 0 Å². The van der Waals surface area contributed by atoms with E-state index in [1.54, 1.807) is 24.5 Å². The molecule has 0 aliphatic carbocycles. The van der Waals surface area contributed by atoms with Crippen LogP contribution in [-0.2, 0) is 9.59 Å². The molecule has 3 rings (SSSR count). The topological polar surface area (TPSA) is 106 Å². The number of hydrogen-bond acceptors (Lipinski definition) is 4. The van der Waals surface area contributed by atoms with E-state index in [2.05, 4.69) is 0 Å². The highest BCUT2D eigenvalue weighted by molar-refractivity contribution is 5.94. The third kappa shape index (κ3) is 7.51. The van der Waals surface area contributed by atoms with Crippen molar-refractivity contribution in [2.45, 2.75) is 0 Å². The van der Waals surface area contributed by atoms with Crippen molar-refractivity contribution in [3.8, 4) is 12.4 Å². The Morgan fingerprint density at radius 2 is 1.20 bits per heavy atom. The van der Waals surface area contributed by atoms with Gasteiger partial charge in [0, 0.05) is 12.2 Å². The lowest BCUT2D eigenvalue weighted by Crippen LogP contribution is -2.13. The van der Waals surface area contributed by atoms with Gasteiger partial charge in [0.15, 0.2) is 12.4 Å². The molecule has 0 fully saturated rings. The van der Waals surface area contributed by atoms with E-state index in [9.17, 15) is 9.59 Å². The molecular formula is C24H18N4O2. The molecule has 0 aromatic heterocycles. The number of hydrogen-bond donors (Lipinski definition) is 2. The van der Waals surface area contributed by atoms with Crippen LogP contribution >= 0.6 is 0 Å². The van der Waals surface area contributed by atoms with Gasteiger partial charge in [-0.2, -0.15) is 10.5 Å². The van der Waals surface area contributed by atoms with Gasteiger partial charge in [0.1, 0.15) is 0 Å². The molecule has 146 valence electrons. The quantitative estimate of drug-likeness (QED) is 0.399. The van der Waals surface area contributed by atoms with E-state index in [1.165, 1.54) is 12.2 Å². The number of nitriles is 2. The number of carbonyl (C=O) groups is 2. The molecule has 30 heavy (non-hydrogen) atoms. The number of nitrogens with one attached hydrogen (secondary N) is 2. The molecular weight excluding hydrogens is 376 g/mol. The summed E-state index contributed by atoms with van der Waals surface area (Å²) in [4.78, 5) is 21.9. The molecule has 0 atom stereocenters. The molecule has 0 spiro atoms. The minimum Gasteiger partial charge on any atom is -0.269 e. The van der Waals surface area contributed by atoms with Crippen molar-refractivity contribution >= 4 is 34.7 Å². The van der Waals surface area contributed by atoms with Crippen molar-refractivity contribution in [2.24, 2.45) is 0 Å². The fourth-order valence-corrected chi connectivity index (χ4v) is 2.41. The van der Waals surface area contributed by atoms with Gasteiger partial charge in [-0.25, -0.2) is 0 Å². The summed E-state index contributed by atoms with van der Waals surface area (Å²) in [5.74, 6) is -0.827. The highest BCUT2D eigenvalue weighted by Gasteiger charge is 1.95. The van der Waals surface area contributed by atoms with Crippen molar-refractivity contribution in [1.29, 1.82) is 10.5 Å². The molecule has 2 amide bonds. The van der Waals surface area contributed by atoms with Gasteiger partial charge in [-0.1, -0.05) is 66.7 Å². The van der Waals surface area contributed by atoms with Crippen LogP contribution in [0.3, 0.4) is 0 Å². The second-order valence-corrected chi connectivity index (χ2v) is 5.89. The lowest BCUT2D eigenvalue weighted by molar-refractivity contribution is -0.116. The van der Waals surface area contributed by atoms with E-state index >= 15 is 0 Å². The number of fused-ring (bicyclic) bond motifs is 1. The Morgan fingerprint density at radius 3 is 1.80 bits per heavy atom. The van der Waals surface area contributed by atoms with Crippen LogP contribution in [0.15, 0.2) is 84.9 Å².